The van der Waals surface area contributed by atoms with E-state index in [1.54, 1.807) is 26.6 Å². The van der Waals surface area contributed by atoms with Crippen molar-refractivity contribution in [2.45, 2.75) is 19.5 Å². The third kappa shape index (κ3) is 4.72. The van der Waals surface area contributed by atoms with Gasteiger partial charge in [0.1, 0.15) is 11.6 Å². The molecule has 0 radical (unpaired) electrons. The van der Waals surface area contributed by atoms with Crippen molar-refractivity contribution in [1.82, 2.24) is 19.9 Å². The van der Waals surface area contributed by atoms with Crippen molar-refractivity contribution >= 4 is 33.4 Å². The van der Waals surface area contributed by atoms with Crippen molar-refractivity contribution in [2.24, 2.45) is 0 Å². The molecule has 1 N–H and O–H groups in total. The molecule has 0 fully saturated rings. The summed E-state index contributed by atoms with van der Waals surface area (Å²) >= 11 is 0. The minimum absolute atomic E-state index is 0.651. The molecule has 1 aliphatic rings. The molecule has 0 spiro atoms. The number of hydrogen-bond donors (Lipinski definition) is 1. The molecule has 0 bridgehead atoms. The molecule has 6 aromatic rings. The van der Waals surface area contributed by atoms with Gasteiger partial charge in [-0.3, -0.25) is 9.88 Å². The van der Waals surface area contributed by atoms with E-state index in [9.17, 15) is 0 Å². The zero-order valence-electron chi connectivity index (χ0n) is 22.9. The molecular formula is C33H29N5O3. The van der Waals surface area contributed by atoms with Crippen LogP contribution in [-0.2, 0) is 19.5 Å². The van der Waals surface area contributed by atoms with Gasteiger partial charge in [0.2, 0.25) is 5.75 Å². The maximum Gasteiger partial charge on any atom is 0.204 e. The molecule has 8 nitrogen and oxygen atoms in total. The predicted octanol–water partition coefficient (Wildman–Crippen LogP) is 6.76. The molecule has 0 unspecified atom stereocenters. The van der Waals surface area contributed by atoms with Crippen molar-refractivity contribution in [1.29, 1.82) is 0 Å². The second-order valence-electron chi connectivity index (χ2n) is 10.1. The van der Waals surface area contributed by atoms with Crippen LogP contribution in [0.3, 0.4) is 0 Å². The van der Waals surface area contributed by atoms with Crippen molar-refractivity contribution in [3.05, 3.63) is 102 Å². The van der Waals surface area contributed by atoms with Crippen LogP contribution in [0.4, 0.5) is 11.5 Å². The van der Waals surface area contributed by atoms with E-state index in [0.717, 1.165) is 70.8 Å². The number of rotatable bonds is 7. The van der Waals surface area contributed by atoms with E-state index in [1.165, 1.54) is 11.1 Å². The van der Waals surface area contributed by atoms with Gasteiger partial charge in [0, 0.05) is 53.1 Å². The number of nitrogens with one attached hydrogen (secondary N) is 1. The van der Waals surface area contributed by atoms with Crippen molar-refractivity contribution in [2.75, 3.05) is 26.1 Å². The fraction of sp³-hybridized carbons (Fsp3) is 0.182. The lowest BCUT2D eigenvalue weighted by Crippen LogP contribution is -2.29. The topological polar surface area (TPSA) is 85.5 Å². The third-order valence-corrected chi connectivity index (χ3v) is 7.60. The van der Waals surface area contributed by atoms with Crippen molar-refractivity contribution < 1.29 is 13.9 Å². The standard InChI is InChI=1S/C33H29N5O3/c1-39-28-12-11-25-24-15-18-38(20-29(24)41-30(25)31(28)40-2)19-21-7-9-23(10-8-21)35-33-26-5-3-4-6-27(26)36-32(37-33)22-13-16-34-17-14-22/h3-14,16-17H,15,18-20H2,1-2H3,(H,35,36,37). The van der Waals surface area contributed by atoms with Gasteiger partial charge in [0.05, 0.1) is 26.3 Å². The third-order valence-electron chi connectivity index (χ3n) is 7.60. The van der Waals surface area contributed by atoms with Gasteiger partial charge in [-0.1, -0.05) is 24.3 Å². The van der Waals surface area contributed by atoms with E-state index >= 15 is 0 Å². The van der Waals surface area contributed by atoms with Crippen LogP contribution in [0, 0.1) is 0 Å². The fourth-order valence-corrected chi connectivity index (χ4v) is 5.55. The summed E-state index contributed by atoms with van der Waals surface area (Å²) in [6, 6.07) is 24.4. The van der Waals surface area contributed by atoms with Gasteiger partial charge in [0.15, 0.2) is 17.2 Å². The minimum atomic E-state index is 0.651. The number of fused-ring (bicyclic) bond motifs is 4. The number of hydrogen-bond acceptors (Lipinski definition) is 8. The van der Waals surface area contributed by atoms with Crippen LogP contribution >= 0.6 is 0 Å². The lowest BCUT2D eigenvalue weighted by Gasteiger charge is -2.26. The Morgan fingerprint density at radius 1 is 0.878 bits per heavy atom. The van der Waals surface area contributed by atoms with E-state index in [1.807, 2.05) is 42.5 Å². The molecule has 3 aromatic heterocycles. The molecular weight excluding hydrogens is 514 g/mol. The fourth-order valence-electron chi connectivity index (χ4n) is 5.55. The van der Waals surface area contributed by atoms with Crippen LogP contribution < -0.4 is 14.8 Å². The average molecular weight is 544 g/mol. The Balaban J connectivity index is 1.09. The minimum Gasteiger partial charge on any atom is -0.493 e. The molecule has 0 aliphatic carbocycles. The summed E-state index contributed by atoms with van der Waals surface area (Å²) in [5, 5.41) is 5.60. The number of methoxy groups -OCH3 is 2. The molecule has 1 aliphatic heterocycles. The Kier molecular flexibility index (Phi) is 6.45. The van der Waals surface area contributed by atoms with Crippen molar-refractivity contribution in [3.8, 4) is 22.9 Å². The number of aromatic nitrogens is 3. The van der Waals surface area contributed by atoms with E-state index in [0.29, 0.717) is 17.3 Å². The Labute approximate surface area is 237 Å². The highest BCUT2D eigenvalue weighted by Crippen LogP contribution is 2.41. The quantitative estimate of drug-likeness (QED) is 0.236. The zero-order valence-corrected chi connectivity index (χ0v) is 22.9. The normalized spacial score (nSPS) is 13.3. The van der Waals surface area contributed by atoms with E-state index in [2.05, 4.69) is 45.5 Å². The van der Waals surface area contributed by atoms with E-state index in [4.69, 9.17) is 23.9 Å². The summed E-state index contributed by atoms with van der Waals surface area (Å²) in [4.78, 5) is 16.2. The Morgan fingerprint density at radius 3 is 2.51 bits per heavy atom. The van der Waals surface area contributed by atoms with E-state index in [-0.39, 0.29) is 0 Å². The molecule has 41 heavy (non-hydrogen) atoms. The van der Waals surface area contributed by atoms with Crippen molar-refractivity contribution in [3.63, 3.8) is 0 Å². The second kappa shape index (κ2) is 10.6. The monoisotopic (exact) mass is 543 g/mol. The lowest BCUT2D eigenvalue weighted by molar-refractivity contribution is 0.223. The highest BCUT2D eigenvalue weighted by atomic mass is 16.5. The average Bonchev–Trinajstić information content (AvgIpc) is 3.39. The van der Waals surface area contributed by atoms with Crippen LogP contribution in [0.1, 0.15) is 16.9 Å². The molecule has 0 amide bonds. The molecule has 3 aromatic carbocycles. The maximum atomic E-state index is 6.31. The molecule has 0 saturated heterocycles. The first-order valence-electron chi connectivity index (χ1n) is 13.6. The number of nitrogens with zero attached hydrogens (tertiary/aromatic N) is 4. The molecule has 8 heteroatoms. The number of pyridine rings is 1. The van der Waals surface area contributed by atoms with E-state index < -0.39 is 0 Å². The largest absolute Gasteiger partial charge is 0.493 e. The second-order valence-corrected chi connectivity index (χ2v) is 10.1. The number of ether oxygens (including phenoxy) is 2. The van der Waals surface area contributed by atoms with Gasteiger partial charge in [-0.15, -0.1) is 0 Å². The summed E-state index contributed by atoms with van der Waals surface area (Å²) in [5.74, 6) is 3.77. The van der Waals surface area contributed by atoms with Gasteiger partial charge in [0.25, 0.3) is 0 Å². The molecule has 4 heterocycles. The smallest absolute Gasteiger partial charge is 0.204 e. The first-order valence-corrected chi connectivity index (χ1v) is 13.6. The highest BCUT2D eigenvalue weighted by Gasteiger charge is 2.25. The van der Waals surface area contributed by atoms with Gasteiger partial charge < -0.3 is 19.2 Å². The first kappa shape index (κ1) is 25.0. The van der Waals surface area contributed by atoms with Gasteiger partial charge >= 0.3 is 0 Å². The zero-order chi connectivity index (χ0) is 27.8. The van der Waals surface area contributed by atoms with Crippen LogP contribution in [0.2, 0.25) is 0 Å². The lowest BCUT2D eigenvalue weighted by atomic mass is 10.0. The number of para-hydroxylation sites is 1. The number of furan rings is 1. The van der Waals surface area contributed by atoms with Gasteiger partial charge in [-0.05, 0) is 60.5 Å². The summed E-state index contributed by atoms with van der Waals surface area (Å²) in [7, 11) is 3.29. The molecule has 0 atom stereocenters. The van der Waals surface area contributed by atoms with Crippen LogP contribution in [-0.4, -0.2) is 40.6 Å². The summed E-state index contributed by atoms with van der Waals surface area (Å²) in [6.45, 7) is 2.54. The Hall–Kier alpha value is -4.95. The molecule has 7 rings (SSSR count). The number of benzene rings is 3. The summed E-state index contributed by atoms with van der Waals surface area (Å²) in [5.41, 5.74) is 6.05. The SMILES string of the molecule is COc1ccc2c3c(oc2c1OC)CN(Cc1ccc(Nc2nc(-c4ccncc4)nc4ccccc24)cc1)CC3. The molecule has 204 valence electrons. The Bertz CT molecular complexity index is 1850. The summed E-state index contributed by atoms with van der Waals surface area (Å²) in [6.07, 6.45) is 4.44. The highest BCUT2D eigenvalue weighted by molar-refractivity contribution is 5.92. The van der Waals surface area contributed by atoms with Crippen LogP contribution in [0.25, 0.3) is 33.3 Å². The predicted molar refractivity (Wildman–Crippen MR) is 160 cm³/mol. The summed E-state index contributed by atoms with van der Waals surface area (Å²) < 4.78 is 17.4. The number of anilines is 2. The first-order chi connectivity index (χ1) is 20.2. The van der Waals surface area contributed by atoms with Gasteiger partial charge in [-0.2, -0.15) is 0 Å². The van der Waals surface area contributed by atoms with Gasteiger partial charge in [-0.25, -0.2) is 9.97 Å². The Morgan fingerprint density at radius 2 is 1.71 bits per heavy atom. The maximum absolute atomic E-state index is 6.31. The van der Waals surface area contributed by atoms with Crippen LogP contribution in [0.15, 0.2) is 89.6 Å². The van der Waals surface area contributed by atoms with Crippen LogP contribution in [0.5, 0.6) is 11.5 Å². The molecule has 0 saturated carbocycles.